The monoisotopic (exact) mass is 550 g/mol. The molecule has 11 heteroatoms. The van der Waals surface area contributed by atoms with Gasteiger partial charge in [-0.05, 0) is 60.1 Å². The van der Waals surface area contributed by atoms with Gasteiger partial charge in [0.15, 0.2) is 0 Å². The van der Waals surface area contributed by atoms with Gasteiger partial charge in [-0.25, -0.2) is 9.59 Å². The molecule has 0 aliphatic heterocycles. The Bertz CT molecular complexity index is 1110. The van der Waals surface area contributed by atoms with Crippen LogP contribution < -0.4 is 9.47 Å². The van der Waals surface area contributed by atoms with Crippen molar-refractivity contribution >= 4 is 23.7 Å². The van der Waals surface area contributed by atoms with E-state index in [4.69, 9.17) is 0 Å². The first-order valence-electron chi connectivity index (χ1n) is 11.1. The van der Waals surface area contributed by atoms with Crippen molar-refractivity contribution in [3.05, 3.63) is 46.5 Å². The molecule has 204 valence electrons. The molecular weight excluding hydrogens is 522 g/mol. The molecule has 37 heavy (non-hydrogen) atoms. The molecule has 0 aliphatic carbocycles. The van der Waals surface area contributed by atoms with Crippen LogP contribution >= 0.6 is 11.8 Å². The summed E-state index contributed by atoms with van der Waals surface area (Å²) in [6, 6.07) is 5.97. The molecule has 0 bridgehead atoms. The highest BCUT2D eigenvalue weighted by Gasteiger charge is 2.43. The van der Waals surface area contributed by atoms with E-state index in [9.17, 15) is 35.9 Å². The molecule has 0 saturated carbocycles. The summed E-state index contributed by atoms with van der Waals surface area (Å²) < 4.78 is 86.2. The molecule has 0 saturated heterocycles. The number of alkyl halides is 6. The van der Waals surface area contributed by atoms with Crippen LogP contribution in [0.15, 0.2) is 34.1 Å². The third kappa shape index (κ3) is 7.66. The number of halogens is 6. The second kappa shape index (κ2) is 10.2. The van der Waals surface area contributed by atoms with Crippen LogP contribution in [0.4, 0.5) is 26.3 Å². The van der Waals surface area contributed by atoms with E-state index >= 15 is 0 Å². The molecule has 0 aromatic heterocycles. The van der Waals surface area contributed by atoms with E-state index in [1.165, 1.54) is 23.9 Å². The molecule has 0 unspecified atom stereocenters. The Morgan fingerprint density at radius 1 is 0.622 bits per heavy atom. The first kappa shape index (κ1) is 30.5. The van der Waals surface area contributed by atoms with E-state index in [1.54, 1.807) is 67.5 Å². The lowest BCUT2D eigenvalue weighted by atomic mass is 9.85. The Balaban J connectivity index is 2.59. The van der Waals surface area contributed by atoms with Gasteiger partial charge in [-0.3, -0.25) is 0 Å². The van der Waals surface area contributed by atoms with Crippen molar-refractivity contribution in [3.8, 4) is 11.5 Å². The lowest BCUT2D eigenvalue weighted by molar-refractivity contribution is -0.189. The molecule has 2 rings (SSSR count). The van der Waals surface area contributed by atoms with Crippen molar-refractivity contribution in [1.29, 1.82) is 0 Å². The normalized spacial score (nSPS) is 12.9. The van der Waals surface area contributed by atoms with Crippen LogP contribution in [0, 0.1) is 13.8 Å². The maximum Gasteiger partial charge on any atom is 0.491 e. The summed E-state index contributed by atoms with van der Waals surface area (Å²) in [5, 5.41) is 0. The molecule has 0 spiro atoms. The topological polar surface area (TPSA) is 52.6 Å². The second-order valence-electron chi connectivity index (χ2n) is 10.6. The molecule has 0 aliphatic rings. The van der Waals surface area contributed by atoms with Gasteiger partial charge in [-0.15, -0.1) is 0 Å². The van der Waals surface area contributed by atoms with Gasteiger partial charge < -0.3 is 9.47 Å². The fourth-order valence-corrected chi connectivity index (χ4v) is 4.35. The minimum atomic E-state index is -5.16. The van der Waals surface area contributed by atoms with E-state index in [0.29, 0.717) is 32.0 Å². The number of esters is 2. The van der Waals surface area contributed by atoms with E-state index in [1.807, 2.05) is 0 Å². The van der Waals surface area contributed by atoms with E-state index < -0.39 is 35.1 Å². The molecule has 4 nitrogen and oxygen atoms in total. The van der Waals surface area contributed by atoms with Crippen LogP contribution in [0.5, 0.6) is 11.5 Å². The lowest BCUT2D eigenvalue weighted by Gasteiger charge is -2.26. The number of hydrogen-bond donors (Lipinski definition) is 0. The van der Waals surface area contributed by atoms with Crippen LogP contribution in [-0.2, 0) is 20.4 Å². The van der Waals surface area contributed by atoms with Crippen molar-refractivity contribution in [2.75, 3.05) is 0 Å². The van der Waals surface area contributed by atoms with Crippen LogP contribution in [0.2, 0.25) is 0 Å². The molecule has 0 atom stereocenters. The van der Waals surface area contributed by atoms with E-state index in [-0.39, 0.29) is 11.5 Å². The number of carbonyl (C=O) groups excluding carboxylic acids is 2. The smallest absolute Gasteiger partial charge is 0.420 e. The molecule has 0 N–H and O–H groups in total. The average molecular weight is 551 g/mol. The summed E-state index contributed by atoms with van der Waals surface area (Å²) in [5.41, 5.74) is 0.390. The minimum absolute atomic E-state index is 0.210. The Hall–Kier alpha value is -2.69. The minimum Gasteiger partial charge on any atom is -0.420 e. The van der Waals surface area contributed by atoms with Gasteiger partial charge in [0.25, 0.3) is 0 Å². The maximum absolute atomic E-state index is 12.8. The number of carbonyl (C=O) groups is 2. The SMILES string of the molecule is Cc1cc(OC(=O)C(F)(F)F)c(C(C)(C)C)cc1Sc1cc(C(C)(C)C)c(OC(=O)C(F)(F)F)cc1C. The zero-order valence-corrected chi connectivity index (χ0v) is 22.4. The van der Waals surface area contributed by atoms with Gasteiger partial charge >= 0.3 is 24.3 Å². The summed E-state index contributed by atoms with van der Waals surface area (Å²) in [6.45, 7) is 13.8. The zero-order chi connectivity index (χ0) is 28.7. The number of ether oxygens (including phenoxy) is 2. The van der Waals surface area contributed by atoms with Gasteiger partial charge in [0.05, 0.1) is 0 Å². The molecule has 0 fully saturated rings. The fourth-order valence-electron chi connectivity index (χ4n) is 3.32. The maximum atomic E-state index is 12.8. The van der Waals surface area contributed by atoms with Gasteiger partial charge in [-0.1, -0.05) is 53.3 Å². The van der Waals surface area contributed by atoms with Crippen molar-refractivity contribution in [2.24, 2.45) is 0 Å². The number of rotatable bonds is 4. The Morgan fingerprint density at radius 2 is 0.919 bits per heavy atom. The Kier molecular flexibility index (Phi) is 8.44. The number of aryl methyl sites for hydroxylation is 2. The third-order valence-electron chi connectivity index (χ3n) is 5.26. The third-order valence-corrected chi connectivity index (χ3v) is 6.58. The quantitative estimate of drug-likeness (QED) is 0.219. The summed E-state index contributed by atoms with van der Waals surface area (Å²) >= 11 is 1.24. The molecule has 0 heterocycles. The Morgan fingerprint density at radius 3 is 1.16 bits per heavy atom. The van der Waals surface area contributed by atoms with Crippen molar-refractivity contribution in [1.82, 2.24) is 0 Å². The number of hydrogen-bond acceptors (Lipinski definition) is 5. The highest BCUT2D eigenvalue weighted by molar-refractivity contribution is 7.99. The Labute approximate surface area is 215 Å². The van der Waals surface area contributed by atoms with Gasteiger partial charge in [0.2, 0.25) is 0 Å². The predicted octanol–water partition coefficient (Wildman–Crippen LogP) is 7.99. The van der Waals surface area contributed by atoms with Gasteiger partial charge in [0.1, 0.15) is 11.5 Å². The molecule has 2 aromatic rings. The average Bonchev–Trinajstić information content (AvgIpc) is 2.68. The zero-order valence-electron chi connectivity index (χ0n) is 21.6. The van der Waals surface area contributed by atoms with Crippen LogP contribution in [-0.4, -0.2) is 24.3 Å². The number of benzene rings is 2. The largest absolute Gasteiger partial charge is 0.491 e. The summed E-state index contributed by atoms with van der Waals surface area (Å²) in [6.07, 6.45) is -10.3. The lowest BCUT2D eigenvalue weighted by Crippen LogP contribution is -2.29. The fraction of sp³-hybridized carbons (Fsp3) is 0.462. The molecule has 0 amide bonds. The van der Waals surface area contributed by atoms with Crippen molar-refractivity contribution in [3.63, 3.8) is 0 Å². The first-order valence-corrected chi connectivity index (χ1v) is 11.9. The van der Waals surface area contributed by atoms with Gasteiger partial charge in [-0.2, -0.15) is 26.3 Å². The van der Waals surface area contributed by atoms with Gasteiger partial charge in [0, 0.05) is 20.9 Å². The van der Waals surface area contributed by atoms with Crippen molar-refractivity contribution in [2.45, 2.75) is 88.4 Å². The van der Waals surface area contributed by atoms with E-state index in [2.05, 4.69) is 9.47 Å². The van der Waals surface area contributed by atoms with Crippen molar-refractivity contribution < 1.29 is 45.4 Å². The highest BCUT2D eigenvalue weighted by atomic mass is 32.2. The molecular formula is C26H28F6O4S. The summed E-state index contributed by atoms with van der Waals surface area (Å²) in [4.78, 5) is 24.3. The van der Waals surface area contributed by atoms with Crippen LogP contribution in [0.25, 0.3) is 0 Å². The van der Waals surface area contributed by atoms with Crippen LogP contribution in [0.3, 0.4) is 0 Å². The molecule has 0 radical (unpaired) electrons. The van der Waals surface area contributed by atoms with Crippen LogP contribution in [0.1, 0.15) is 63.8 Å². The standard InChI is InChI=1S/C26H28F6O4S/c1-13-9-17(35-21(33)25(27,28)29)15(23(3,4)5)11-19(13)37-20-12-16(24(6,7)8)18(10-14(20)2)36-22(34)26(30,31)32/h9-12H,1-8H3. The summed E-state index contributed by atoms with van der Waals surface area (Å²) in [5.74, 6) is -5.07. The summed E-state index contributed by atoms with van der Waals surface area (Å²) in [7, 11) is 0. The first-order chi connectivity index (χ1) is 16.5. The highest BCUT2D eigenvalue weighted by Crippen LogP contribution is 2.43. The molecule has 2 aromatic carbocycles. The van der Waals surface area contributed by atoms with E-state index in [0.717, 1.165) is 0 Å². The second-order valence-corrected chi connectivity index (χ2v) is 11.7. The predicted molar refractivity (Wildman–Crippen MR) is 127 cm³/mol.